The van der Waals surface area contributed by atoms with Gasteiger partial charge in [-0.2, -0.15) is 0 Å². The van der Waals surface area contributed by atoms with E-state index in [0.717, 1.165) is 56.5 Å². The smallest absolute Gasteiger partial charge is 0.225 e. The molecule has 0 spiro atoms. The molecule has 1 saturated carbocycles. The quantitative estimate of drug-likeness (QED) is 0.292. The summed E-state index contributed by atoms with van der Waals surface area (Å²) in [7, 11) is 0. The standard InChI is InChI=1S/C31H41ClF2N4O2S/c1-2-40-24-9-5-20(6-10-24)26(21-7-12-27(32)28(33)14-21)15-31(39)37-30-18-35-17-29(34)25(30)11-8-23-16-36-22-4-3-13-41-38(23)19-22/h7,12,14,17-18,20,22-24,26,36H,2-6,8-11,13,15-16,19H2,1H3,(H,37,39)/t20?,22-,23?,24?,26?/m1/s1. The summed E-state index contributed by atoms with van der Waals surface area (Å²) < 4.78 is 37.8. The molecule has 1 aromatic heterocycles. The molecule has 3 aliphatic rings. The molecule has 41 heavy (non-hydrogen) atoms. The molecule has 4 atom stereocenters. The Hall–Kier alpha value is -1.78. The highest BCUT2D eigenvalue weighted by Gasteiger charge is 2.32. The van der Waals surface area contributed by atoms with E-state index in [1.807, 2.05) is 24.9 Å². The normalized spacial score (nSPS) is 27.2. The Balaban J connectivity index is 1.27. The molecule has 6 nitrogen and oxygen atoms in total. The van der Waals surface area contributed by atoms with Gasteiger partial charge >= 0.3 is 0 Å². The molecule has 0 radical (unpaired) electrons. The molecule has 1 aliphatic carbocycles. The molecule has 3 fully saturated rings. The molecule has 224 valence electrons. The number of pyridine rings is 1. The molecule has 2 bridgehead atoms. The van der Waals surface area contributed by atoms with Gasteiger partial charge in [0.15, 0.2) is 0 Å². The average molecular weight is 607 g/mol. The van der Waals surface area contributed by atoms with Gasteiger partial charge in [0.05, 0.1) is 29.2 Å². The lowest BCUT2D eigenvalue weighted by atomic mass is 9.74. The van der Waals surface area contributed by atoms with Gasteiger partial charge in [0.25, 0.3) is 0 Å². The van der Waals surface area contributed by atoms with Gasteiger partial charge in [0.2, 0.25) is 5.91 Å². The van der Waals surface area contributed by atoms with Crippen LogP contribution in [0.3, 0.4) is 0 Å². The van der Waals surface area contributed by atoms with Crippen LogP contribution in [0.25, 0.3) is 0 Å². The molecule has 3 unspecified atom stereocenters. The molecule has 2 saturated heterocycles. The summed E-state index contributed by atoms with van der Waals surface area (Å²) in [5, 5.41) is 6.68. The summed E-state index contributed by atoms with van der Waals surface area (Å²) in [6.07, 6.45) is 10.5. The fraction of sp³-hybridized carbons (Fsp3) is 0.613. The summed E-state index contributed by atoms with van der Waals surface area (Å²) in [6.45, 7) is 4.58. The third-order valence-corrected chi connectivity index (χ3v) is 10.4. The van der Waals surface area contributed by atoms with Crippen LogP contribution in [0.15, 0.2) is 30.6 Å². The Morgan fingerprint density at radius 1 is 1.22 bits per heavy atom. The lowest BCUT2D eigenvalue weighted by Crippen LogP contribution is -2.53. The lowest BCUT2D eigenvalue weighted by Gasteiger charge is -2.37. The van der Waals surface area contributed by atoms with E-state index in [-0.39, 0.29) is 35.3 Å². The second kappa shape index (κ2) is 14.6. The number of carbonyl (C=O) groups is 1. The van der Waals surface area contributed by atoms with E-state index in [4.69, 9.17) is 16.3 Å². The fourth-order valence-electron chi connectivity index (χ4n) is 6.67. The molecule has 1 aromatic carbocycles. The Bertz CT molecular complexity index is 1180. The third kappa shape index (κ3) is 7.99. The average Bonchev–Trinajstić information content (AvgIpc) is 3.16. The van der Waals surface area contributed by atoms with Crippen molar-refractivity contribution in [3.05, 3.63) is 58.4 Å². The summed E-state index contributed by atoms with van der Waals surface area (Å²) >= 11 is 7.87. The van der Waals surface area contributed by atoms with Crippen molar-refractivity contribution in [2.75, 3.05) is 30.8 Å². The summed E-state index contributed by atoms with van der Waals surface area (Å²) in [5.74, 6) is 0.0218. The van der Waals surface area contributed by atoms with Crippen molar-refractivity contribution >= 4 is 35.1 Å². The van der Waals surface area contributed by atoms with Crippen LogP contribution in [0.5, 0.6) is 0 Å². The van der Waals surface area contributed by atoms with E-state index in [1.165, 1.54) is 31.3 Å². The van der Waals surface area contributed by atoms with Crippen molar-refractivity contribution in [3.8, 4) is 0 Å². The summed E-state index contributed by atoms with van der Waals surface area (Å²) in [5.41, 5.74) is 1.67. The SMILES string of the molecule is CCOC1CCC(C(CC(=O)Nc2cncc(F)c2CCC2CN[C@@H]3CCCSN2C3)c2ccc(Cl)c(F)c2)CC1. The number of hydrogen-bond donors (Lipinski definition) is 2. The van der Waals surface area contributed by atoms with E-state index in [2.05, 4.69) is 19.9 Å². The second-order valence-electron chi connectivity index (χ2n) is 11.5. The number of hydrogen-bond acceptors (Lipinski definition) is 6. The first-order chi connectivity index (χ1) is 19.9. The molecule has 2 aromatic rings. The minimum absolute atomic E-state index is 0.0646. The molecule has 3 heterocycles. The van der Waals surface area contributed by atoms with Gasteiger partial charge in [-0.05, 0) is 87.8 Å². The van der Waals surface area contributed by atoms with Gasteiger partial charge < -0.3 is 15.4 Å². The van der Waals surface area contributed by atoms with Crippen molar-refractivity contribution < 1.29 is 18.3 Å². The molecule has 10 heteroatoms. The van der Waals surface area contributed by atoms with Gasteiger partial charge in [-0.15, -0.1) is 0 Å². The van der Waals surface area contributed by atoms with Crippen molar-refractivity contribution in [3.63, 3.8) is 0 Å². The number of ether oxygens (including phenoxy) is 1. The van der Waals surface area contributed by atoms with E-state index in [9.17, 15) is 9.18 Å². The van der Waals surface area contributed by atoms with Crippen LogP contribution in [-0.2, 0) is 16.0 Å². The second-order valence-corrected chi connectivity index (χ2v) is 13.1. The van der Waals surface area contributed by atoms with Gasteiger partial charge in [-0.25, -0.2) is 13.1 Å². The Morgan fingerprint density at radius 3 is 2.83 bits per heavy atom. The number of rotatable bonds is 10. The van der Waals surface area contributed by atoms with Crippen LogP contribution >= 0.6 is 23.5 Å². The summed E-state index contributed by atoms with van der Waals surface area (Å²) in [4.78, 5) is 17.5. The topological polar surface area (TPSA) is 66.5 Å². The predicted molar refractivity (Wildman–Crippen MR) is 161 cm³/mol. The zero-order valence-corrected chi connectivity index (χ0v) is 25.3. The number of halogens is 3. The molecular formula is C31H41ClF2N4O2S. The van der Waals surface area contributed by atoms with Crippen molar-refractivity contribution in [2.45, 2.75) is 88.8 Å². The number of piperazine rings is 1. The number of carbonyl (C=O) groups excluding carboxylic acids is 1. The summed E-state index contributed by atoms with van der Waals surface area (Å²) in [6, 6.07) is 5.67. The number of nitrogens with zero attached hydrogens (tertiary/aromatic N) is 2. The molecule has 2 N–H and O–H groups in total. The first kappa shape index (κ1) is 30.7. The van der Waals surface area contributed by atoms with Crippen LogP contribution < -0.4 is 10.6 Å². The largest absolute Gasteiger partial charge is 0.379 e. The van der Waals surface area contributed by atoms with E-state index in [1.54, 1.807) is 6.07 Å². The number of amides is 1. The van der Waals surface area contributed by atoms with Gasteiger partial charge in [-0.1, -0.05) is 29.6 Å². The number of benzene rings is 1. The van der Waals surface area contributed by atoms with E-state index >= 15 is 4.39 Å². The number of aromatic nitrogens is 1. The number of fused-ring (bicyclic) bond motifs is 2. The van der Waals surface area contributed by atoms with Crippen molar-refractivity contribution in [1.29, 1.82) is 0 Å². The van der Waals surface area contributed by atoms with E-state index in [0.29, 0.717) is 36.4 Å². The van der Waals surface area contributed by atoms with Crippen LogP contribution in [0.1, 0.15) is 75.3 Å². The number of anilines is 1. The first-order valence-corrected chi connectivity index (χ1v) is 16.3. The zero-order chi connectivity index (χ0) is 28.8. The van der Waals surface area contributed by atoms with Gasteiger partial charge in [0, 0.05) is 49.5 Å². The predicted octanol–water partition coefficient (Wildman–Crippen LogP) is 6.74. The van der Waals surface area contributed by atoms with Crippen LogP contribution in [-0.4, -0.2) is 58.8 Å². The van der Waals surface area contributed by atoms with Gasteiger partial charge in [-0.3, -0.25) is 9.78 Å². The maximum Gasteiger partial charge on any atom is 0.225 e. The fourth-order valence-corrected chi connectivity index (χ4v) is 8.00. The maximum atomic E-state index is 15.1. The highest BCUT2D eigenvalue weighted by molar-refractivity contribution is 7.97. The van der Waals surface area contributed by atoms with Crippen molar-refractivity contribution in [1.82, 2.24) is 14.6 Å². The number of nitrogens with one attached hydrogen (secondary N) is 2. The van der Waals surface area contributed by atoms with Crippen LogP contribution in [0, 0.1) is 17.6 Å². The molecular weight excluding hydrogens is 566 g/mol. The Kier molecular flexibility index (Phi) is 10.9. The molecule has 5 rings (SSSR count). The maximum absolute atomic E-state index is 15.1. The lowest BCUT2D eigenvalue weighted by molar-refractivity contribution is -0.117. The van der Waals surface area contributed by atoms with E-state index < -0.39 is 11.6 Å². The van der Waals surface area contributed by atoms with Gasteiger partial charge in [0.1, 0.15) is 11.6 Å². The molecule has 2 aliphatic heterocycles. The van der Waals surface area contributed by atoms with Crippen molar-refractivity contribution in [2.24, 2.45) is 5.92 Å². The van der Waals surface area contributed by atoms with Crippen LogP contribution in [0.2, 0.25) is 5.02 Å². The third-order valence-electron chi connectivity index (χ3n) is 8.88. The highest BCUT2D eigenvalue weighted by Crippen LogP contribution is 2.40. The minimum Gasteiger partial charge on any atom is -0.379 e. The first-order valence-electron chi connectivity index (χ1n) is 15.0. The zero-order valence-electron chi connectivity index (χ0n) is 23.7. The van der Waals surface area contributed by atoms with Crippen LogP contribution in [0.4, 0.5) is 14.5 Å². The Morgan fingerprint density at radius 2 is 2.05 bits per heavy atom. The monoisotopic (exact) mass is 606 g/mol. The Labute approximate surface area is 251 Å². The molecule has 1 amide bonds. The highest BCUT2D eigenvalue weighted by atomic mass is 35.5. The minimum atomic E-state index is -0.486.